The summed E-state index contributed by atoms with van der Waals surface area (Å²) in [6.45, 7) is 2.15. The van der Waals surface area contributed by atoms with Crippen LogP contribution in [0.25, 0.3) is 0 Å². The second kappa shape index (κ2) is 5.71. The largest absolute Gasteiger partial charge is 0.508 e. The van der Waals surface area contributed by atoms with Crippen LogP contribution in [-0.2, 0) is 11.3 Å². The van der Waals surface area contributed by atoms with Gasteiger partial charge in [-0.25, -0.2) is 0 Å². The highest BCUT2D eigenvalue weighted by Crippen LogP contribution is 2.25. The van der Waals surface area contributed by atoms with Crippen LogP contribution in [0.1, 0.15) is 18.4 Å². The number of carbonyl (C=O) groups is 1. The lowest BCUT2D eigenvalue weighted by atomic mass is 9.98. The van der Waals surface area contributed by atoms with Gasteiger partial charge >= 0.3 is 5.97 Å². The molecular weight excluding hydrogens is 298 g/mol. The monoisotopic (exact) mass is 313 g/mol. The van der Waals surface area contributed by atoms with E-state index < -0.39 is 5.97 Å². The summed E-state index contributed by atoms with van der Waals surface area (Å²) in [6.07, 6.45) is 1.67. The number of aromatic hydroxyl groups is 1. The van der Waals surface area contributed by atoms with Crippen LogP contribution in [0.15, 0.2) is 22.7 Å². The molecule has 1 heterocycles. The van der Waals surface area contributed by atoms with E-state index in [0.29, 0.717) is 13.1 Å². The summed E-state index contributed by atoms with van der Waals surface area (Å²) in [6, 6.07) is 5.15. The Labute approximate surface area is 114 Å². The van der Waals surface area contributed by atoms with Crippen molar-refractivity contribution in [1.29, 1.82) is 0 Å². The van der Waals surface area contributed by atoms with Crippen LogP contribution in [0.3, 0.4) is 0 Å². The molecule has 1 fully saturated rings. The van der Waals surface area contributed by atoms with Crippen molar-refractivity contribution in [2.24, 2.45) is 5.92 Å². The molecular formula is C13H16BrNO3. The molecule has 0 amide bonds. The van der Waals surface area contributed by atoms with E-state index in [0.717, 1.165) is 29.4 Å². The number of benzene rings is 1. The van der Waals surface area contributed by atoms with E-state index in [9.17, 15) is 9.90 Å². The Hall–Kier alpha value is -1.07. The highest BCUT2D eigenvalue weighted by Gasteiger charge is 2.25. The molecule has 1 aromatic carbocycles. The van der Waals surface area contributed by atoms with Gasteiger partial charge in [-0.2, -0.15) is 0 Å². The minimum atomic E-state index is -0.713. The van der Waals surface area contributed by atoms with Crippen molar-refractivity contribution in [3.05, 3.63) is 28.2 Å². The van der Waals surface area contributed by atoms with Crippen LogP contribution in [0.4, 0.5) is 0 Å². The molecule has 1 unspecified atom stereocenters. The molecule has 0 aliphatic carbocycles. The van der Waals surface area contributed by atoms with Gasteiger partial charge in [0.15, 0.2) is 0 Å². The summed E-state index contributed by atoms with van der Waals surface area (Å²) in [7, 11) is 0. The molecule has 2 N–H and O–H groups in total. The molecule has 0 bridgehead atoms. The van der Waals surface area contributed by atoms with Crippen molar-refractivity contribution < 1.29 is 15.0 Å². The predicted octanol–water partition coefficient (Wildman–Crippen LogP) is 2.45. The summed E-state index contributed by atoms with van der Waals surface area (Å²) in [5, 5.41) is 18.5. The predicted molar refractivity (Wildman–Crippen MR) is 71.4 cm³/mol. The molecule has 4 nitrogen and oxygen atoms in total. The van der Waals surface area contributed by atoms with Gasteiger partial charge < -0.3 is 10.2 Å². The van der Waals surface area contributed by atoms with E-state index in [1.807, 2.05) is 6.07 Å². The molecule has 1 aliphatic heterocycles. The Morgan fingerprint density at radius 1 is 1.50 bits per heavy atom. The van der Waals surface area contributed by atoms with Gasteiger partial charge in [-0.1, -0.05) is 15.9 Å². The zero-order chi connectivity index (χ0) is 13.1. The molecule has 1 aromatic rings. The molecule has 0 saturated carbocycles. The Kier molecular flexibility index (Phi) is 4.24. The van der Waals surface area contributed by atoms with Gasteiger partial charge in [-0.15, -0.1) is 0 Å². The minimum Gasteiger partial charge on any atom is -0.508 e. The first-order chi connectivity index (χ1) is 8.56. The van der Waals surface area contributed by atoms with Crippen molar-refractivity contribution in [3.63, 3.8) is 0 Å². The van der Waals surface area contributed by atoms with Gasteiger partial charge in [-0.05, 0) is 43.1 Å². The van der Waals surface area contributed by atoms with Gasteiger partial charge in [0.05, 0.1) is 5.92 Å². The second-order valence-electron chi connectivity index (χ2n) is 4.69. The molecule has 1 saturated heterocycles. The molecule has 1 atom stereocenters. The van der Waals surface area contributed by atoms with Crippen molar-refractivity contribution in [2.75, 3.05) is 13.1 Å². The first kappa shape index (κ1) is 13.4. The first-order valence-corrected chi connectivity index (χ1v) is 6.78. The number of hydrogen-bond acceptors (Lipinski definition) is 3. The summed E-state index contributed by atoms with van der Waals surface area (Å²) in [5.74, 6) is -0.746. The number of rotatable bonds is 3. The Balaban J connectivity index is 2.04. The standard InChI is InChI=1S/C13H16BrNO3/c14-12-4-3-11(16)6-10(12)8-15-5-1-2-9(7-15)13(17)18/h3-4,6,9,16H,1-2,5,7-8H2,(H,17,18). The number of aliphatic carboxylic acids is 1. The van der Waals surface area contributed by atoms with Gasteiger partial charge in [0.1, 0.15) is 5.75 Å². The molecule has 2 rings (SSSR count). The third-order valence-electron chi connectivity index (χ3n) is 3.28. The van der Waals surface area contributed by atoms with E-state index >= 15 is 0 Å². The van der Waals surface area contributed by atoms with Crippen LogP contribution < -0.4 is 0 Å². The molecule has 18 heavy (non-hydrogen) atoms. The Morgan fingerprint density at radius 2 is 2.28 bits per heavy atom. The number of piperidine rings is 1. The van der Waals surface area contributed by atoms with Gasteiger partial charge in [-0.3, -0.25) is 9.69 Å². The number of likely N-dealkylation sites (tertiary alicyclic amines) is 1. The van der Waals surface area contributed by atoms with Crippen molar-refractivity contribution in [1.82, 2.24) is 4.90 Å². The lowest BCUT2D eigenvalue weighted by molar-refractivity contribution is -0.143. The van der Waals surface area contributed by atoms with E-state index in [-0.39, 0.29) is 11.7 Å². The van der Waals surface area contributed by atoms with Crippen LogP contribution in [-0.4, -0.2) is 34.2 Å². The summed E-state index contributed by atoms with van der Waals surface area (Å²) < 4.78 is 0.942. The normalized spacial score (nSPS) is 20.8. The van der Waals surface area contributed by atoms with Gasteiger partial charge in [0, 0.05) is 17.6 Å². The minimum absolute atomic E-state index is 0.236. The average Bonchev–Trinajstić information content (AvgIpc) is 2.34. The van der Waals surface area contributed by atoms with Crippen LogP contribution in [0.5, 0.6) is 5.75 Å². The number of phenols is 1. The van der Waals surface area contributed by atoms with E-state index in [1.54, 1.807) is 12.1 Å². The zero-order valence-electron chi connectivity index (χ0n) is 9.97. The maximum absolute atomic E-state index is 11.0. The van der Waals surface area contributed by atoms with Crippen LogP contribution >= 0.6 is 15.9 Å². The van der Waals surface area contributed by atoms with Gasteiger partial charge in [0.2, 0.25) is 0 Å². The van der Waals surface area contributed by atoms with Gasteiger partial charge in [0.25, 0.3) is 0 Å². The highest BCUT2D eigenvalue weighted by atomic mass is 79.9. The summed E-state index contributed by atoms with van der Waals surface area (Å²) >= 11 is 3.45. The third-order valence-corrected chi connectivity index (χ3v) is 4.05. The molecule has 98 valence electrons. The molecule has 1 aliphatic rings. The summed E-state index contributed by atoms with van der Waals surface area (Å²) in [5.41, 5.74) is 0.987. The summed E-state index contributed by atoms with van der Waals surface area (Å²) in [4.78, 5) is 13.1. The van der Waals surface area contributed by atoms with E-state index in [1.165, 1.54) is 0 Å². The maximum Gasteiger partial charge on any atom is 0.307 e. The topological polar surface area (TPSA) is 60.8 Å². The van der Waals surface area contributed by atoms with Crippen molar-refractivity contribution in [3.8, 4) is 5.75 Å². The van der Waals surface area contributed by atoms with E-state index in [4.69, 9.17) is 5.11 Å². The zero-order valence-corrected chi connectivity index (χ0v) is 11.6. The van der Waals surface area contributed by atoms with Crippen LogP contribution in [0, 0.1) is 5.92 Å². The SMILES string of the molecule is O=C(O)C1CCCN(Cc2cc(O)ccc2Br)C1. The third kappa shape index (κ3) is 3.23. The fourth-order valence-corrected chi connectivity index (χ4v) is 2.70. The maximum atomic E-state index is 11.0. The van der Waals surface area contributed by atoms with Crippen molar-refractivity contribution >= 4 is 21.9 Å². The smallest absolute Gasteiger partial charge is 0.307 e. The lowest BCUT2D eigenvalue weighted by Gasteiger charge is -2.30. The number of phenolic OH excluding ortho intramolecular Hbond substituents is 1. The fourth-order valence-electron chi connectivity index (χ4n) is 2.32. The van der Waals surface area contributed by atoms with Crippen molar-refractivity contribution in [2.45, 2.75) is 19.4 Å². The number of carboxylic acid groups (broad SMARTS) is 1. The quantitative estimate of drug-likeness (QED) is 0.900. The first-order valence-electron chi connectivity index (χ1n) is 5.99. The fraction of sp³-hybridized carbons (Fsp3) is 0.462. The highest BCUT2D eigenvalue weighted by molar-refractivity contribution is 9.10. The van der Waals surface area contributed by atoms with Crippen LogP contribution in [0.2, 0.25) is 0 Å². The average molecular weight is 314 g/mol. The Morgan fingerprint density at radius 3 is 3.00 bits per heavy atom. The van der Waals surface area contributed by atoms with E-state index in [2.05, 4.69) is 20.8 Å². The number of nitrogens with zero attached hydrogens (tertiary/aromatic N) is 1. The number of halogens is 1. The molecule has 0 radical (unpaired) electrons. The number of carboxylic acids is 1. The second-order valence-corrected chi connectivity index (χ2v) is 5.54. The molecule has 5 heteroatoms. The Bertz CT molecular complexity index is 450. The lowest BCUT2D eigenvalue weighted by Crippen LogP contribution is -2.38. The number of hydrogen-bond donors (Lipinski definition) is 2. The molecule has 0 spiro atoms. The molecule has 0 aromatic heterocycles.